The average molecular weight is 423 g/mol. The normalized spacial score (nSPS) is 18.1. The Hall–Kier alpha value is -2.66. The van der Waals surface area contributed by atoms with Gasteiger partial charge in [-0.3, -0.25) is 14.0 Å². The lowest BCUT2D eigenvalue weighted by molar-refractivity contribution is 0.122. The molecule has 11 heteroatoms. The summed E-state index contributed by atoms with van der Waals surface area (Å²) in [6.45, 7) is -0.636. The summed E-state index contributed by atoms with van der Waals surface area (Å²) in [5, 5.41) is 4.12. The SMILES string of the molecule is Cn1cc(S(=O)(=O)N2CCCC2c2nc3ccccc3c(=O)n2CC(F)F)cn1. The molecule has 0 spiro atoms. The lowest BCUT2D eigenvalue weighted by Gasteiger charge is -2.25. The molecule has 4 rings (SSSR count). The highest BCUT2D eigenvalue weighted by molar-refractivity contribution is 7.89. The molecule has 1 saturated heterocycles. The molecule has 0 saturated carbocycles. The van der Waals surface area contributed by atoms with Crippen LogP contribution in [0.2, 0.25) is 0 Å². The minimum atomic E-state index is -3.92. The fourth-order valence-corrected chi connectivity index (χ4v) is 5.35. The smallest absolute Gasteiger partial charge is 0.261 e. The van der Waals surface area contributed by atoms with Crippen LogP contribution < -0.4 is 5.56 Å². The Balaban J connectivity index is 1.87. The third-order valence-corrected chi connectivity index (χ3v) is 6.86. The van der Waals surface area contributed by atoms with Gasteiger partial charge in [-0.15, -0.1) is 0 Å². The summed E-state index contributed by atoms with van der Waals surface area (Å²) in [6, 6.07) is 5.65. The van der Waals surface area contributed by atoms with Crippen molar-refractivity contribution in [2.24, 2.45) is 7.05 Å². The summed E-state index contributed by atoms with van der Waals surface area (Å²) in [6.07, 6.45) is 0.754. The van der Waals surface area contributed by atoms with E-state index in [1.807, 2.05) is 0 Å². The third kappa shape index (κ3) is 3.44. The second-order valence-electron chi connectivity index (χ2n) is 6.92. The number of aromatic nitrogens is 4. The average Bonchev–Trinajstić information content (AvgIpc) is 3.33. The highest BCUT2D eigenvalue weighted by Gasteiger charge is 2.39. The number of hydrogen-bond donors (Lipinski definition) is 0. The number of sulfonamides is 1. The summed E-state index contributed by atoms with van der Waals surface area (Å²) in [4.78, 5) is 17.3. The summed E-state index contributed by atoms with van der Waals surface area (Å²) < 4.78 is 56.2. The van der Waals surface area contributed by atoms with Crippen molar-refractivity contribution < 1.29 is 17.2 Å². The zero-order valence-corrected chi connectivity index (χ0v) is 16.4. The van der Waals surface area contributed by atoms with Gasteiger partial charge in [0.15, 0.2) is 0 Å². The largest absolute Gasteiger partial charge is 0.289 e. The molecule has 1 fully saturated rings. The van der Waals surface area contributed by atoms with Crippen molar-refractivity contribution >= 4 is 20.9 Å². The zero-order valence-electron chi connectivity index (χ0n) is 15.6. The monoisotopic (exact) mass is 423 g/mol. The first-order chi connectivity index (χ1) is 13.8. The minimum Gasteiger partial charge on any atom is -0.289 e. The van der Waals surface area contributed by atoms with E-state index in [0.29, 0.717) is 18.4 Å². The molecule has 1 aliphatic rings. The van der Waals surface area contributed by atoms with Crippen LogP contribution in [0.5, 0.6) is 0 Å². The maximum absolute atomic E-state index is 13.2. The van der Waals surface area contributed by atoms with Gasteiger partial charge in [0, 0.05) is 19.8 Å². The summed E-state index contributed by atoms with van der Waals surface area (Å²) >= 11 is 0. The summed E-state index contributed by atoms with van der Waals surface area (Å²) in [5.74, 6) is 0.0407. The Morgan fingerprint density at radius 2 is 2.03 bits per heavy atom. The first-order valence-corrected chi connectivity index (χ1v) is 10.5. The third-order valence-electron chi connectivity index (χ3n) is 5.00. The molecule has 2 aromatic heterocycles. The first-order valence-electron chi connectivity index (χ1n) is 9.07. The molecule has 1 aliphatic heterocycles. The molecule has 0 aliphatic carbocycles. The maximum Gasteiger partial charge on any atom is 0.261 e. The standard InChI is InChI=1S/C18H19F2N5O3S/c1-23-10-12(9-21-23)29(27,28)25-8-4-7-15(25)17-22-14-6-3-2-5-13(14)18(26)24(17)11-16(19)20/h2-3,5-6,9-10,15-16H,4,7-8,11H2,1H3. The van der Waals surface area contributed by atoms with Gasteiger partial charge in [-0.1, -0.05) is 12.1 Å². The molecule has 3 heterocycles. The van der Waals surface area contributed by atoms with Crippen molar-refractivity contribution in [3.05, 3.63) is 52.8 Å². The summed E-state index contributed by atoms with van der Waals surface area (Å²) in [5.41, 5.74) is -0.250. The maximum atomic E-state index is 13.2. The Labute approximate surface area is 165 Å². The van der Waals surface area contributed by atoms with E-state index in [9.17, 15) is 22.0 Å². The summed E-state index contributed by atoms with van der Waals surface area (Å²) in [7, 11) is -2.32. The molecule has 0 radical (unpaired) electrons. The second-order valence-corrected chi connectivity index (χ2v) is 8.81. The minimum absolute atomic E-state index is 0.00967. The van der Waals surface area contributed by atoms with E-state index >= 15 is 0 Å². The van der Waals surface area contributed by atoms with Gasteiger partial charge in [0.05, 0.1) is 29.7 Å². The van der Waals surface area contributed by atoms with E-state index in [-0.39, 0.29) is 22.7 Å². The van der Waals surface area contributed by atoms with Gasteiger partial charge in [0.25, 0.3) is 12.0 Å². The van der Waals surface area contributed by atoms with Gasteiger partial charge in [-0.05, 0) is 25.0 Å². The van der Waals surface area contributed by atoms with Crippen molar-refractivity contribution in [3.8, 4) is 0 Å². The number of nitrogens with zero attached hydrogens (tertiary/aromatic N) is 5. The molecule has 154 valence electrons. The predicted octanol–water partition coefficient (Wildman–Crippen LogP) is 1.92. The van der Waals surface area contributed by atoms with Crippen LogP contribution in [0.1, 0.15) is 24.7 Å². The number of aryl methyl sites for hydroxylation is 1. The Bertz CT molecular complexity index is 1220. The Morgan fingerprint density at radius 3 is 2.72 bits per heavy atom. The van der Waals surface area contributed by atoms with E-state index in [2.05, 4.69) is 10.1 Å². The number of hydrogen-bond acceptors (Lipinski definition) is 5. The quantitative estimate of drug-likeness (QED) is 0.626. The van der Waals surface area contributed by atoms with Crippen LogP contribution in [0.3, 0.4) is 0 Å². The predicted molar refractivity (Wildman–Crippen MR) is 101 cm³/mol. The topological polar surface area (TPSA) is 90.1 Å². The number of halogens is 2. The van der Waals surface area contributed by atoms with Crippen LogP contribution >= 0.6 is 0 Å². The van der Waals surface area contributed by atoms with Crippen molar-refractivity contribution in [1.29, 1.82) is 0 Å². The fourth-order valence-electron chi connectivity index (χ4n) is 3.71. The van der Waals surface area contributed by atoms with Gasteiger partial charge in [-0.2, -0.15) is 9.40 Å². The van der Waals surface area contributed by atoms with Crippen LogP contribution in [-0.4, -0.2) is 45.0 Å². The fraction of sp³-hybridized carbons (Fsp3) is 0.389. The molecule has 0 N–H and O–H groups in total. The number of rotatable bonds is 5. The molecule has 1 unspecified atom stereocenters. The number of benzene rings is 1. The molecule has 0 amide bonds. The second kappa shape index (κ2) is 7.30. The van der Waals surface area contributed by atoms with Gasteiger partial charge in [0.1, 0.15) is 10.7 Å². The first kappa shape index (κ1) is 19.6. The van der Waals surface area contributed by atoms with Crippen LogP contribution in [0.15, 0.2) is 46.3 Å². The number of fused-ring (bicyclic) bond motifs is 1. The van der Waals surface area contributed by atoms with Gasteiger partial charge >= 0.3 is 0 Å². The molecule has 29 heavy (non-hydrogen) atoms. The van der Waals surface area contributed by atoms with Gasteiger partial charge < -0.3 is 0 Å². The van der Waals surface area contributed by atoms with Gasteiger partial charge in [-0.25, -0.2) is 22.2 Å². The van der Waals surface area contributed by atoms with E-state index < -0.39 is 34.6 Å². The molecule has 1 atom stereocenters. The number of alkyl halides is 2. The van der Waals surface area contributed by atoms with Crippen LogP contribution in [0, 0.1) is 0 Å². The van der Waals surface area contributed by atoms with Crippen LogP contribution in [0.25, 0.3) is 10.9 Å². The van der Waals surface area contributed by atoms with Crippen molar-refractivity contribution in [2.75, 3.05) is 6.54 Å². The molecule has 3 aromatic rings. The van der Waals surface area contributed by atoms with E-state index in [1.165, 1.54) is 27.4 Å². The number of para-hydroxylation sites is 1. The van der Waals surface area contributed by atoms with Crippen molar-refractivity contribution in [2.45, 2.75) is 36.7 Å². The molecular formula is C18H19F2N5O3S. The van der Waals surface area contributed by atoms with E-state index in [1.54, 1.807) is 25.2 Å². The Morgan fingerprint density at radius 1 is 1.28 bits per heavy atom. The molecule has 1 aromatic carbocycles. The highest BCUT2D eigenvalue weighted by Crippen LogP contribution is 2.36. The molecule has 0 bridgehead atoms. The lowest BCUT2D eigenvalue weighted by atomic mass is 10.2. The highest BCUT2D eigenvalue weighted by atomic mass is 32.2. The zero-order chi connectivity index (χ0) is 20.8. The van der Waals surface area contributed by atoms with Gasteiger partial charge in [0.2, 0.25) is 10.0 Å². The van der Waals surface area contributed by atoms with Crippen LogP contribution in [0.4, 0.5) is 8.78 Å². The van der Waals surface area contributed by atoms with E-state index in [0.717, 1.165) is 4.57 Å². The lowest BCUT2D eigenvalue weighted by Crippen LogP contribution is -2.36. The molecular weight excluding hydrogens is 404 g/mol. The van der Waals surface area contributed by atoms with Crippen LogP contribution in [-0.2, 0) is 23.6 Å². The molecule has 8 nitrogen and oxygen atoms in total. The van der Waals surface area contributed by atoms with E-state index in [4.69, 9.17) is 0 Å². The van der Waals surface area contributed by atoms with Crippen molar-refractivity contribution in [1.82, 2.24) is 23.6 Å². The Kier molecular flexibility index (Phi) is 4.95. The van der Waals surface area contributed by atoms with Crippen molar-refractivity contribution in [3.63, 3.8) is 0 Å².